The SMILES string of the molecule is COc1cc2c(Nc3ccc(OCc4cccc(Cl)c4)nc3)ncnc2cc1OCCCNC(C)(C)CCOP(=O)(OC(C)(C)C)OC(C)(C)C. The van der Waals surface area contributed by atoms with E-state index in [0.29, 0.717) is 59.9 Å². The average molecular weight is 744 g/mol. The van der Waals surface area contributed by atoms with E-state index in [9.17, 15) is 4.57 Å². The van der Waals surface area contributed by atoms with Gasteiger partial charge in [-0.3, -0.25) is 13.6 Å². The van der Waals surface area contributed by atoms with Crippen LogP contribution >= 0.6 is 19.4 Å². The summed E-state index contributed by atoms with van der Waals surface area (Å²) in [6, 6.07) is 14.9. The zero-order chi connectivity index (χ0) is 37.3. The number of hydrogen-bond acceptors (Lipinski definition) is 12. The number of ether oxygens (including phenoxy) is 3. The lowest BCUT2D eigenvalue weighted by molar-refractivity contribution is 0.00158. The average Bonchev–Trinajstić information content (AvgIpc) is 3.02. The van der Waals surface area contributed by atoms with Gasteiger partial charge in [0.05, 0.1) is 48.9 Å². The van der Waals surface area contributed by atoms with Crippen LogP contribution in [0.25, 0.3) is 10.9 Å². The quantitative estimate of drug-likeness (QED) is 0.0743. The number of nitrogens with one attached hydrogen (secondary N) is 2. The Morgan fingerprint density at radius 1 is 0.843 bits per heavy atom. The molecule has 14 heteroatoms. The van der Waals surface area contributed by atoms with Crippen LogP contribution in [0, 0.1) is 0 Å². The summed E-state index contributed by atoms with van der Waals surface area (Å²) >= 11 is 6.07. The van der Waals surface area contributed by atoms with Crippen molar-refractivity contribution < 1.29 is 32.3 Å². The van der Waals surface area contributed by atoms with Crippen molar-refractivity contribution in [3.05, 3.63) is 71.6 Å². The molecule has 0 saturated heterocycles. The second kappa shape index (κ2) is 17.3. The second-order valence-electron chi connectivity index (χ2n) is 14.6. The molecule has 12 nitrogen and oxygen atoms in total. The topological polar surface area (TPSA) is 135 Å². The maximum atomic E-state index is 13.3. The first kappa shape index (κ1) is 40.3. The van der Waals surface area contributed by atoms with Gasteiger partial charge in [-0.25, -0.2) is 19.5 Å². The van der Waals surface area contributed by atoms with E-state index in [1.807, 2.05) is 84.0 Å². The largest absolute Gasteiger partial charge is 0.493 e. The number of fused-ring (bicyclic) bond motifs is 1. The third-order valence-electron chi connectivity index (χ3n) is 7.13. The molecule has 0 aliphatic carbocycles. The first-order valence-electron chi connectivity index (χ1n) is 16.9. The second-order valence-corrected chi connectivity index (χ2v) is 16.6. The van der Waals surface area contributed by atoms with Crippen molar-refractivity contribution in [3.63, 3.8) is 0 Å². The van der Waals surface area contributed by atoms with Crippen molar-refractivity contribution in [2.24, 2.45) is 0 Å². The number of nitrogens with zero attached hydrogens (tertiary/aromatic N) is 3. The minimum atomic E-state index is -3.76. The first-order valence-corrected chi connectivity index (χ1v) is 18.7. The molecule has 2 N–H and O–H groups in total. The molecule has 0 aliphatic heterocycles. The van der Waals surface area contributed by atoms with Gasteiger partial charge in [0.1, 0.15) is 18.8 Å². The number of aromatic nitrogens is 3. The number of phosphoric ester groups is 1. The van der Waals surface area contributed by atoms with Crippen LogP contribution in [0.1, 0.15) is 73.8 Å². The lowest BCUT2D eigenvalue weighted by atomic mass is 10.0. The van der Waals surface area contributed by atoms with Crippen molar-refractivity contribution in [1.82, 2.24) is 20.3 Å². The Morgan fingerprint density at radius 2 is 1.59 bits per heavy atom. The van der Waals surface area contributed by atoms with Gasteiger partial charge in [-0.15, -0.1) is 0 Å². The minimum Gasteiger partial charge on any atom is -0.493 e. The summed E-state index contributed by atoms with van der Waals surface area (Å²) in [7, 11) is -2.17. The molecule has 2 aromatic heterocycles. The number of pyridine rings is 1. The highest BCUT2D eigenvalue weighted by Gasteiger charge is 2.37. The van der Waals surface area contributed by atoms with Crippen LogP contribution in [-0.2, 0) is 24.7 Å². The summed E-state index contributed by atoms with van der Waals surface area (Å²) in [5.74, 6) is 2.23. The van der Waals surface area contributed by atoms with E-state index in [1.54, 1.807) is 19.4 Å². The van der Waals surface area contributed by atoms with Gasteiger partial charge in [-0.05, 0) is 105 Å². The minimum absolute atomic E-state index is 0.202. The monoisotopic (exact) mass is 743 g/mol. The fourth-order valence-electron chi connectivity index (χ4n) is 4.82. The molecule has 0 aliphatic rings. The lowest BCUT2D eigenvalue weighted by Crippen LogP contribution is -2.41. The van der Waals surface area contributed by atoms with E-state index >= 15 is 0 Å². The number of hydrogen-bond donors (Lipinski definition) is 2. The molecule has 0 radical (unpaired) electrons. The smallest absolute Gasteiger partial charge is 0.475 e. The van der Waals surface area contributed by atoms with Crippen LogP contribution in [0.4, 0.5) is 11.5 Å². The van der Waals surface area contributed by atoms with Gasteiger partial charge in [-0.2, -0.15) is 0 Å². The Kier molecular flexibility index (Phi) is 13.7. The van der Waals surface area contributed by atoms with E-state index in [4.69, 9.17) is 39.4 Å². The van der Waals surface area contributed by atoms with E-state index in [-0.39, 0.29) is 12.1 Å². The van der Waals surface area contributed by atoms with Crippen molar-refractivity contribution in [3.8, 4) is 17.4 Å². The van der Waals surface area contributed by atoms with Gasteiger partial charge in [0.2, 0.25) is 5.88 Å². The Morgan fingerprint density at radius 3 is 2.24 bits per heavy atom. The summed E-state index contributed by atoms with van der Waals surface area (Å²) in [4.78, 5) is 13.3. The van der Waals surface area contributed by atoms with E-state index in [2.05, 4.69) is 39.4 Å². The molecule has 0 unspecified atom stereocenters. The molecule has 2 aromatic carbocycles. The summed E-state index contributed by atoms with van der Waals surface area (Å²) < 4.78 is 48.1. The number of benzene rings is 2. The molecule has 0 atom stereocenters. The van der Waals surface area contributed by atoms with Crippen LogP contribution in [0.15, 0.2) is 61.1 Å². The molecule has 0 amide bonds. The highest BCUT2D eigenvalue weighted by Crippen LogP contribution is 2.55. The van der Waals surface area contributed by atoms with Gasteiger partial charge >= 0.3 is 7.82 Å². The lowest BCUT2D eigenvalue weighted by Gasteiger charge is -2.32. The van der Waals surface area contributed by atoms with Gasteiger partial charge < -0.3 is 24.8 Å². The van der Waals surface area contributed by atoms with Gasteiger partial charge in [0, 0.05) is 28.1 Å². The standard InChI is InChI=1S/C37H51ClN5O7P/c1-35(2,3)49-51(44,50-36(4,5)6)48-19-16-37(7,8)42-17-11-18-46-32-22-30-29(21-31(32)45-9)34(41-25-40-30)43-28-14-15-33(39-23-28)47-24-26-12-10-13-27(38)20-26/h10,12-15,20-23,25,42H,11,16-19,24H2,1-9H3,(H,40,41,43). The third-order valence-corrected chi connectivity index (χ3v) is 9.40. The first-order chi connectivity index (χ1) is 23.9. The van der Waals surface area contributed by atoms with E-state index < -0.39 is 19.0 Å². The molecule has 0 saturated carbocycles. The summed E-state index contributed by atoms with van der Waals surface area (Å²) in [6.07, 6.45) is 4.49. The van der Waals surface area contributed by atoms with Crippen LogP contribution in [-0.4, -0.2) is 58.6 Å². The fourth-order valence-corrected chi connectivity index (χ4v) is 6.83. The maximum absolute atomic E-state index is 13.3. The molecule has 278 valence electrons. The van der Waals surface area contributed by atoms with E-state index in [1.165, 1.54) is 6.33 Å². The Bertz CT molecular complexity index is 1760. The van der Waals surface area contributed by atoms with Gasteiger partial charge in [0.15, 0.2) is 11.5 Å². The van der Waals surface area contributed by atoms with Crippen LogP contribution < -0.4 is 24.8 Å². The summed E-state index contributed by atoms with van der Waals surface area (Å²) in [5, 5.41) is 8.26. The molecular formula is C37H51ClN5O7P. The number of methoxy groups -OCH3 is 1. The normalized spacial score (nSPS) is 12.6. The maximum Gasteiger partial charge on any atom is 0.475 e. The molecule has 0 fully saturated rings. The predicted molar refractivity (Wildman–Crippen MR) is 201 cm³/mol. The van der Waals surface area contributed by atoms with Crippen molar-refractivity contribution in [2.45, 2.75) is 91.6 Å². The summed E-state index contributed by atoms with van der Waals surface area (Å²) in [5.41, 5.74) is 0.717. The van der Waals surface area contributed by atoms with Crippen molar-refractivity contribution in [1.29, 1.82) is 0 Å². The number of anilines is 2. The molecular weight excluding hydrogens is 693 g/mol. The van der Waals surface area contributed by atoms with E-state index in [0.717, 1.165) is 23.1 Å². The molecule has 0 spiro atoms. The Labute approximate surface area is 306 Å². The molecule has 4 aromatic rings. The van der Waals surface area contributed by atoms with Crippen molar-refractivity contribution >= 4 is 41.8 Å². The van der Waals surface area contributed by atoms with Gasteiger partial charge in [0.25, 0.3) is 0 Å². The zero-order valence-corrected chi connectivity index (χ0v) is 32.7. The van der Waals surface area contributed by atoms with Crippen molar-refractivity contribution in [2.75, 3.05) is 32.2 Å². The Hall–Kier alpha value is -3.51. The molecule has 51 heavy (non-hydrogen) atoms. The third kappa shape index (κ3) is 13.5. The molecule has 4 rings (SSSR count). The highest BCUT2D eigenvalue weighted by molar-refractivity contribution is 7.48. The zero-order valence-electron chi connectivity index (χ0n) is 31.0. The highest BCUT2D eigenvalue weighted by atomic mass is 35.5. The number of phosphoric acid groups is 1. The fraction of sp³-hybridized carbons (Fsp3) is 0.486. The number of halogens is 1. The number of rotatable bonds is 18. The van der Waals surface area contributed by atoms with Crippen LogP contribution in [0.5, 0.6) is 17.4 Å². The Balaban J connectivity index is 1.28. The van der Waals surface area contributed by atoms with Crippen LogP contribution in [0.3, 0.4) is 0 Å². The van der Waals surface area contributed by atoms with Crippen LogP contribution in [0.2, 0.25) is 5.02 Å². The predicted octanol–water partition coefficient (Wildman–Crippen LogP) is 9.29. The molecule has 2 heterocycles. The molecule has 0 bridgehead atoms. The van der Waals surface area contributed by atoms with Gasteiger partial charge in [-0.1, -0.05) is 23.7 Å². The summed E-state index contributed by atoms with van der Waals surface area (Å²) in [6.45, 7) is 16.7.